The lowest BCUT2D eigenvalue weighted by molar-refractivity contribution is -0.144. The average Bonchev–Trinajstić information content (AvgIpc) is 3.03. The number of hydrogen-bond donors (Lipinski definition) is 2. The average molecular weight is 469 g/mol. The van der Waals surface area contributed by atoms with Gasteiger partial charge in [0.2, 0.25) is 0 Å². The summed E-state index contributed by atoms with van der Waals surface area (Å²) in [6.07, 6.45) is 0.659. The van der Waals surface area contributed by atoms with Crippen molar-refractivity contribution < 1.29 is 14.2 Å². The van der Waals surface area contributed by atoms with Crippen LogP contribution in [0.3, 0.4) is 0 Å². The summed E-state index contributed by atoms with van der Waals surface area (Å²) in [6, 6.07) is 17.2. The van der Waals surface area contributed by atoms with Gasteiger partial charge in [0, 0.05) is 24.7 Å². The topological polar surface area (TPSA) is 78.1 Å². The van der Waals surface area contributed by atoms with Crippen molar-refractivity contribution in [3.63, 3.8) is 0 Å². The van der Waals surface area contributed by atoms with Gasteiger partial charge < -0.3 is 25.3 Å². The molecule has 1 saturated heterocycles. The van der Waals surface area contributed by atoms with Gasteiger partial charge in [-0.3, -0.25) is 4.99 Å². The van der Waals surface area contributed by atoms with Crippen molar-refractivity contribution in [2.75, 3.05) is 25.1 Å². The van der Waals surface area contributed by atoms with Gasteiger partial charge in [0.15, 0.2) is 11.7 Å². The number of para-hydroxylation sites is 1. The number of nitrogens with one attached hydrogen (secondary N) is 1. The smallest absolute Gasteiger partial charge is 0.193 e. The van der Waals surface area contributed by atoms with Crippen molar-refractivity contribution >= 4 is 35.6 Å². The van der Waals surface area contributed by atoms with E-state index in [0.717, 1.165) is 17.2 Å². The van der Waals surface area contributed by atoms with E-state index in [9.17, 15) is 0 Å². The second kappa shape index (κ2) is 9.75. The third-order valence-electron chi connectivity index (χ3n) is 3.83. The molecule has 0 aliphatic carbocycles. The molecule has 0 unspecified atom stereocenters. The minimum absolute atomic E-state index is 0. The summed E-state index contributed by atoms with van der Waals surface area (Å²) < 4.78 is 16.9. The van der Waals surface area contributed by atoms with Gasteiger partial charge in [-0.15, -0.1) is 24.0 Å². The van der Waals surface area contributed by atoms with Gasteiger partial charge in [-0.05, 0) is 31.2 Å². The van der Waals surface area contributed by atoms with Crippen LogP contribution < -0.4 is 15.8 Å². The molecule has 6 nitrogen and oxygen atoms in total. The van der Waals surface area contributed by atoms with E-state index in [2.05, 4.69) is 10.3 Å². The Bertz CT molecular complexity index is 719. The maximum absolute atomic E-state index is 5.95. The van der Waals surface area contributed by atoms with Crippen molar-refractivity contribution in [1.82, 2.24) is 0 Å². The minimum atomic E-state index is -0.548. The Labute approximate surface area is 170 Å². The van der Waals surface area contributed by atoms with Gasteiger partial charge in [-0.1, -0.05) is 24.3 Å². The number of benzene rings is 2. The van der Waals surface area contributed by atoms with Crippen molar-refractivity contribution in [3.8, 4) is 11.5 Å². The SMILES string of the molecule is CC1(CCN=C(N)Nc2cccc(Oc3ccccc3)c2)OCCO1.I. The van der Waals surface area contributed by atoms with Crippen LogP contribution in [0.1, 0.15) is 13.3 Å². The van der Waals surface area contributed by atoms with Crippen molar-refractivity contribution in [1.29, 1.82) is 0 Å². The van der Waals surface area contributed by atoms with E-state index in [1.807, 2.05) is 61.5 Å². The highest BCUT2D eigenvalue weighted by Crippen LogP contribution is 2.24. The van der Waals surface area contributed by atoms with Crippen LogP contribution in [0.2, 0.25) is 0 Å². The number of guanidine groups is 1. The molecule has 1 aliphatic heterocycles. The van der Waals surface area contributed by atoms with Gasteiger partial charge in [-0.2, -0.15) is 0 Å². The Balaban J connectivity index is 0.00000243. The van der Waals surface area contributed by atoms with Gasteiger partial charge in [-0.25, -0.2) is 0 Å². The second-order valence-corrected chi connectivity index (χ2v) is 5.92. The molecule has 1 aliphatic rings. The fourth-order valence-corrected chi connectivity index (χ4v) is 2.53. The van der Waals surface area contributed by atoms with E-state index in [1.54, 1.807) is 0 Å². The Morgan fingerprint density at radius 3 is 2.54 bits per heavy atom. The van der Waals surface area contributed by atoms with E-state index in [1.165, 1.54) is 0 Å². The van der Waals surface area contributed by atoms with Crippen LogP contribution in [0.15, 0.2) is 59.6 Å². The van der Waals surface area contributed by atoms with Gasteiger partial charge in [0.25, 0.3) is 0 Å². The molecule has 7 heteroatoms. The molecule has 3 rings (SSSR count). The normalized spacial score (nSPS) is 16.0. The van der Waals surface area contributed by atoms with Gasteiger partial charge in [0.1, 0.15) is 11.5 Å². The standard InChI is InChI=1S/C19H23N3O3.HI/c1-19(23-12-13-24-19)10-11-21-18(20)22-15-6-5-9-17(14-15)25-16-7-3-2-4-8-16;/h2-9,14H,10-13H2,1H3,(H3,20,21,22);1H. The predicted octanol–water partition coefficient (Wildman–Crippen LogP) is 3.98. The summed E-state index contributed by atoms with van der Waals surface area (Å²) in [4.78, 5) is 4.32. The number of nitrogens with zero attached hydrogens (tertiary/aromatic N) is 1. The molecule has 1 heterocycles. The van der Waals surface area contributed by atoms with Crippen LogP contribution in [0.4, 0.5) is 5.69 Å². The summed E-state index contributed by atoms with van der Waals surface area (Å²) in [7, 11) is 0. The molecule has 3 N–H and O–H groups in total. The first kappa shape index (κ1) is 20.5. The van der Waals surface area contributed by atoms with Crippen LogP contribution in [0.5, 0.6) is 11.5 Å². The van der Waals surface area contributed by atoms with Gasteiger partial charge in [0.05, 0.1) is 13.2 Å². The fraction of sp³-hybridized carbons (Fsp3) is 0.316. The largest absolute Gasteiger partial charge is 0.457 e. The molecule has 0 aromatic heterocycles. The molecule has 2 aromatic rings. The predicted molar refractivity (Wildman–Crippen MR) is 113 cm³/mol. The lowest BCUT2D eigenvalue weighted by Crippen LogP contribution is -2.28. The molecule has 0 radical (unpaired) electrons. The van der Waals surface area contributed by atoms with E-state index < -0.39 is 5.79 Å². The second-order valence-electron chi connectivity index (χ2n) is 5.92. The third kappa shape index (κ3) is 6.15. The molecule has 0 saturated carbocycles. The lowest BCUT2D eigenvalue weighted by atomic mass is 10.2. The highest BCUT2D eigenvalue weighted by Gasteiger charge is 2.30. The van der Waals surface area contributed by atoms with Crippen LogP contribution >= 0.6 is 24.0 Å². The first-order valence-electron chi connectivity index (χ1n) is 8.31. The summed E-state index contributed by atoms with van der Waals surface area (Å²) in [6.45, 7) is 3.70. The summed E-state index contributed by atoms with van der Waals surface area (Å²) in [5, 5.41) is 3.07. The number of nitrogens with two attached hydrogens (primary N) is 1. The minimum Gasteiger partial charge on any atom is -0.457 e. The number of rotatable bonds is 6. The highest BCUT2D eigenvalue weighted by molar-refractivity contribution is 14.0. The molecule has 1 fully saturated rings. The van der Waals surface area contributed by atoms with E-state index >= 15 is 0 Å². The summed E-state index contributed by atoms with van der Waals surface area (Å²) >= 11 is 0. The Morgan fingerprint density at radius 2 is 1.81 bits per heavy atom. The first-order valence-corrected chi connectivity index (χ1v) is 8.31. The maximum Gasteiger partial charge on any atom is 0.193 e. The Hall–Kier alpha value is -1.84. The molecule has 2 aromatic carbocycles. The number of anilines is 1. The van der Waals surface area contributed by atoms with Crippen molar-refractivity contribution in [2.45, 2.75) is 19.1 Å². The number of hydrogen-bond acceptors (Lipinski definition) is 4. The van der Waals surface area contributed by atoms with E-state index in [-0.39, 0.29) is 24.0 Å². The fourth-order valence-electron chi connectivity index (χ4n) is 2.53. The van der Waals surface area contributed by atoms with Crippen LogP contribution in [-0.2, 0) is 9.47 Å². The van der Waals surface area contributed by atoms with Crippen LogP contribution in [0.25, 0.3) is 0 Å². The molecule has 0 spiro atoms. The zero-order valence-corrected chi connectivity index (χ0v) is 17.0. The quantitative estimate of drug-likeness (QED) is 0.380. The molecular formula is C19H24IN3O3. The molecule has 0 atom stereocenters. The number of ether oxygens (including phenoxy) is 3. The Morgan fingerprint density at radius 1 is 1.12 bits per heavy atom. The molecule has 26 heavy (non-hydrogen) atoms. The molecule has 140 valence electrons. The van der Waals surface area contributed by atoms with Crippen molar-refractivity contribution in [3.05, 3.63) is 54.6 Å². The highest BCUT2D eigenvalue weighted by atomic mass is 127. The summed E-state index contributed by atoms with van der Waals surface area (Å²) in [5.74, 6) is 1.31. The third-order valence-corrected chi connectivity index (χ3v) is 3.83. The first-order chi connectivity index (χ1) is 12.1. The van der Waals surface area contributed by atoms with Crippen LogP contribution in [0, 0.1) is 0 Å². The molecule has 0 bridgehead atoms. The number of halogens is 1. The van der Waals surface area contributed by atoms with Crippen molar-refractivity contribution in [2.24, 2.45) is 10.7 Å². The molecular weight excluding hydrogens is 445 g/mol. The zero-order valence-electron chi connectivity index (χ0n) is 14.7. The van der Waals surface area contributed by atoms with E-state index in [0.29, 0.717) is 32.1 Å². The monoisotopic (exact) mass is 469 g/mol. The van der Waals surface area contributed by atoms with Gasteiger partial charge >= 0.3 is 0 Å². The zero-order chi connectivity index (χ0) is 17.5. The lowest BCUT2D eigenvalue weighted by Gasteiger charge is -2.20. The molecule has 0 amide bonds. The summed E-state index contributed by atoms with van der Waals surface area (Å²) in [5.41, 5.74) is 6.77. The Kier molecular flexibility index (Phi) is 7.67. The van der Waals surface area contributed by atoms with E-state index in [4.69, 9.17) is 19.9 Å². The maximum atomic E-state index is 5.95. The van der Waals surface area contributed by atoms with Crippen LogP contribution in [-0.4, -0.2) is 31.5 Å². The number of aliphatic imine (C=N–C) groups is 1.